The zero-order chi connectivity index (χ0) is 13.4. The van der Waals surface area contributed by atoms with Crippen molar-refractivity contribution in [3.05, 3.63) is 35.4 Å². The largest absolute Gasteiger partial charge is 0.327 e. The molecule has 1 saturated heterocycles. The maximum absolute atomic E-state index is 13.7. The molecule has 0 amide bonds. The summed E-state index contributed by atoms with van der Waals surface area (Å²) in [4.78, 5) is 2.26. The van der Waals surface area contributed by atoms with Gasteiger partial charge in [-0.25, -0.2) is 8.78 Å². The fourth-order valence-corrected chi connectivity index (χ4v) is 3.63. The molecule has 0 spiro atoms. The first-order valence-corrected chi connectivity index (χ1v) is 7.05. The molecule has 1 aliphatic carbocycles. The molecule has 2 aliphatic rings. The van der Waals surface area contributed by atoms with Gasteiger partial charge in [-0.3, -0.25) is 4.90 Å². The van der Waals surface area contributed by atoms with Crippen molar-refractivity contribution in [1.82, 2.24) is 4.90 Å². The molecule has 0 radical (unpaired) electrons. The molecule has 3 unspecified atom stereocenters. The molecule has 2 fully saturated rings. The lowest BCUT2D eigenvalue weighted by atomic mass is 9.78. The maximum atomic E-state index is 13.7. The summed E-state index contributed by atoms with van der Waals surface area (Å²) in [5.74, 6) is 0.252. The highest BCUT2D eigenvalue weighted by Crippen LogP contribution is 2.36. The zero-order valence-electron chi connectivity index (χ0n) is 11.4. The molecule has 1 aliphatic heterocycles. The summed E-state index contributed by atoms with van der Waals surface area (Å²) in [6.07, 6.45) is 3.56. The predicted octanol–water partition coefficient (Wildman–Crippen LogP) is 2.95. The summed E-state index contributed by atoms with van der Waals surface area (Å²) >= 11 is 0. The van der Waals surface area contributed by atoms with Crippen LogP contribution in [0, 0.1) is 23.5 Å². The lowest BCUT2D eigenvalue weighted by molar-refractivity contribution is 0.259. The van der Waals surface area contributed by atoms with Gasteiger partial charge in [0, 0.05) is 37.3 Å². The summed E-state index contributed by atoms with van der Waals surface area (Å²) in [5, 5.41) is 0. The van der Waals surface area contributed by atoms with Gasteiger partial charge in [0.05, 0.1) is 0 Å². The van der Waals surface area contributed by atoms with Gasteiger partial charge in [0.2, 0.25) is 0 Å². The van der Waals surface area contributed by atoms with Crippen molar-refractivity contribution in [2.24, 2.45) is 17.6 Å². The standard InChI is InChI=1S/C15H20F2N2.ClH/c16-12-5-4-11(14(17)6-12)8-19-7-10-2-1-3-15(18)13(10)9-19;/h4-6,10,13,15H,1-3,7-9,18H2;1H. The zero-order valence-corrected chi connectivity index (χ0v) is 12.2. The second kappa shape index (κ2) is 6.37. The van der Waals surface area contributed by atoms with E-state index >= 15 is 0 Å². The van der Waals surface area contributed by atoms with Crippen LogP contribution in [0.25, 0.3) is 0 Å². The highest BCUT2D eigenvalue weighted by molar-refractivity contribution is 5.85. The number of likely N-dealkylation sites (tertiary alicyclic amines) is 1. The smallest absolute Gasteiger partial charge is 0.130 e. The second-order valence-electron chi connectivity index (χ2n) is 5.95. The van der Waals surface area contributed by atoms with Gasteiger partial charge in [0.1, 0.15) is 11.6 Å². The van der Waals surface area contributed by atoms with Gasteiger partial charge in [-0.1, -0.05) is 12.5 Å². The average Bonchev–Trinajstić information content (AvgIpc) is 2.77. The van der Waals surface area contributed by atoms with Crippen molar-refractivity contribution in [3.63, 3.8) is 0 Å². The minimum atomic E-state index is -0.515. The first-order chi connectivity index (χ1) is 9.13. The minimum absolute atomic E-state index is 0. The van der Waals surface area contributed by atoms with E-state index in [0.717, 1.165) is 25.6 Å². The lowest BCUT2D eigenvalue weighted by Crippen LogP contribution is -2.38. The third-order valence-corrected chi connectivity index (χ3v) is 4.64. The van der Waals surface area contributed by atoms with E-state index in [1.54, 1.807) is 6.07 Å². The van der Waals surface area contributed by atoms with Crippen LogP contribution in [0.1, 0.15) is 24.8 Å². The van der Waals surface area contributed by atoms with Gasteiger partial charge in [-0.2, -0.15) is 0 Å². The third kappa shape index (κ3) is 3.13. The van der Waals surface area contributed by atoms with Crippen LogP contribution in [-0.2, 0) is 6.54 Å². The Morgan fingerprint density at radius 1 is 1.20 bits per heavy atom. The van der Waals surface area contributed by atoms with Crippen LogP contribution in [0.15, 0.2) is 18.2 Å². The molecule has 2 N–H and O–H groups in total. The highest BCUT2D eigenvalue weighted by Gasteiger charge is 2.38. The molecule has 1 saturated carbocycles. The SMILES string of the molecule is Cl.NC1CCCC2CN(Cc3ccc(F)cc3F)CC12. The molecule has 0 bridgehead atoms. The number of nitrogens with zero attached hydrogens (tertiary/aromatic N) is 1. The summed E-state index contributed by atoms with van der Waals surface area (Å²) in [7, 11) is 0. The number of halogens is 3. The van der Waals surface area contributed by atoms with E-state index in [4.69, 9.17) is 5.73 Å². The van der Waals surface area contributed by atoms with Gasteiger partial charge >= 0.3 is 0 Å². The molecule has 20 heavy (non-hydrogen) atoms. The molecule has 1 heterocycles. The molecule has 2 nitrogen and oxygen atoms in total. The van der Waals surface area contributed by atoms with Crippen LogP contribution in [0.4, 0.5) is 8.78 Å². The molecular weight excluding hydrogens is 282 g/mol. The van der Waals surface area contributed by atoms with Gasteiger partial charge in [-0.05, 0) is 30.7 Å². The van der Waals surface area contributed by atoms with Crippen LogP contribution in [0.3, 0.4) is 0 Å². The first kappa shape index (κ1) is 15.7. The van der Waals surface area contributed by atoms with E-state index in [-0.39, 0.29) is 12.4 Å². The van der Waals surface area contributed by atoms with Crippen LogP contribution in [0.2, 0.25) is 0 Å². The molecular formula is C15H21ClF2N2. The second-order valence-corrected chi connectivity index (χ2v) is 5.95. The Morgan fingerprint density at radius 2 is 2.00 bits per heavy atom. The van der Waals surface area contributed by atoms with Crippen molar-refractivity contribution >= 4 is 12.4 Å². The van der Waals surface area contributed by atoms with Crippen molar-refractivity contribution < 1.29 is 8.78 Å². The fraction of sp³-hybridized carbons (Fsp3) is 0.600. The Kier molecular flexibility index (Phi) is 4.99. The normalized spacial score (nSPS) is 29.9. The fourth-order valence-electron chi connectivity index (χ4n) is 3.63. The Balaban J connectivity index is 0.00000147. The Hall–Kier alpha value is -0.710. The number of fused-ring (bicyclic) bond motifs is 1. The average molecular weight is 303 g/mol. The number of hydrogen-bond acceptors (Lipinski definition) is 2. The van der Waals surface area contributed by atoms with Gasteiger partial charge in [-0.15, -0.1) is 12.4 Å². The molecule has 3 rings (SSSR count). The van der Waals surface area contributed by atoms with Crippen LogP contribution < -0.4 is 5.73 Å². The topological polar surface area (TPSA) is 29.3 Å². The molecule has 112 valence electrons. The Morgan fingerprint density at radius 3 is 2.70 bits per heavy atom. The van der Waals surface area contributed by atoms with E-state index in [2.05, 4.69) is 4.90 Å². The van der Waals surface area contributed by atoms with E-state index < -0.39 is 11.6 Å². The Bertz CT molecular complexity index is 469. The monoisotopic (exact) mass is 302 g/mol. The van der Waals surface area contributed by atoms with E-state index in [1.807, 2.05) is 0 Å². The number of hydrogen-bond donors (Lipinski definition) is 1. The molecule has 5 heteroatoms. The lowest BCUT2D eigenvalue weighted by Gasteiger charge is -2.29. The maximum Gasteiger partial charge on any atom is 0.130 e. The molecule has 0 aromatic heterocycles. The van der Waals surface area contributed by atoms with Gasteiger partial charge in [0.25, 0.3) is 0 Å². The van der Waals surface area contributed by atoms with E-state index in [1.165, 1.54) is 18.9 Å². The third-order valence-electron chi connectivity index (χ3n) is 4.64. The highest BCUT2D eigenvalue weighted by atomic mass is 35.5. The van der Waals surface area contributed by atoms with E-state index in [0.29, 0.717) is 30.0 Å². The number of benzene rings is 1. The quantitative estimate of drug-likeness (QED) is 0.910. The van der Waals surface area contributed by atoms with Crippen molar-refractivity contribution in [3.8, 4) is 0 Å². The summed E-state index contributed by atoms with van der Waals surface area (Å²) in [6.45, 7) is 2.50. The summed E-state index contributed by atoms with van der Waals surface area (Å²) in [6, 6.07) is 4.13. The van der Waals surface area contributed by atoms with Crippen LogP contribution >= 0.6 is 12.4 Å². The molecule has 3 atom stereocenters. The predicted molar refractivity (Wildman–Crippen MR) is 77.7 cm³/mol. The van der Waals surface area contributed by atoms with Crippen LogP contribution in [0.5, 0.6) is 0 Å². The molecule has 1 aromatic carbocycles. The Labute approximate surface area is 124 Å². The van der Waals surface area contributed by atoms with E-state index in [9.17, 15) is 8.78 Å². The molecule has 1 aromatic rings. The van der Waals surface area contributed by atoms with Crippen LogP contribution in [-0.4, -0.2) is 24.0 Å². The van der Waals surface area contributed by atoms with Crippen molar-refractivity contribution in [2.75, 3.05) is 13.1 Å². The van der Waals surface area contributed by atoms with Gasteiger partial charge in [0.15, 0.2) is 0 Å². The minimum Gasteiger partial charge on any atom is -0.327 e. The van der Waals surface area contributed by atoms with Gasteiger partial charge < -0.3 is 5.73 Å². The number of nitrogens with two attached hydrogens (primary N) is 1. The summed E-state index contributed by atoms with van der Waals surface area (Å²) < 4.78 is 26.5. The van der Waals surface area contributed by atoms with Crippen molar-refractivity contribution in [2.45, 2.75) is 31.8 Å². The first-order valence-electron chi connectivity index (χ1n) is 7.05. The van der Waals surface area contributed by atoms with Crippen molar-refractivity contribution in [1.29, 1.82) is 0 Å². The number of rotatable bonds is 2. The summed E-state index contributed by atoms with van der Waals surface area (Å²) in [5.41, 5.74) is 6.75.